The highest BCUT2D eigenvalue weighted by Gasteiger charge is 2.19. The van der Waals surface area contributed by atoms with Gasteiger partial charge in [-0.2, -0.15) is 0 Å². The molecule has 1 aliphatic rings. The van der Waals surface area contributed by atoms with Crippen LogP contribution in [-0.2, 0) is 4.74 Å². The number of carboxylic acids is 1. The Labute approximate surface area is 103 Å². The molecule has 2 N–H and O–H groups in total. The first-order valence-electron chi connectivity index (χ1n) is 5.64. The molecule has 0 aromatic heterocycles. The lowest BCUT2D eigenvalue weighted by atomic mass is 10.1. The Morgan fingerprint density at radius 2 is 1.83 bits per heavy atom. The molecular weight excluding hydrogens is 244 g/mol. The van der Waals surface area contributed by atoms with Crippen molar-refractivity contribution in [3.63, 3.8) is 0 Å². The van der Waals surface area contributed by atoms with E-state index in [0.717, 1.165) is 12.1 Å². The summed E-state index contributed by atoms with van der Waals surface area (Å²) in [6, 6.07) is 1.57. The molecule has 0 bridgehead atoms. The maximum absolute atomic E-state index is 13.6. The lowest BCUT2D eigenvalue weighted by Gasteiger charge is -2.24. The zero-order valence-electron chi connectivity index (χ0n) is 9.58. The molecule has 1 fully saturated rings. The van der Waals surface area contributed by atoms with Crippen LogP contribution in [0.4, 0.5) is 14.5 Å². The van der Waals surface area contributed by atoms with E-state index in [1.165, 1.54) is 0 Å². The second-order valence-corrected chi connectivity index (χ2v) is 4.15. The summed E-state index contributed by atoms with van der Waals surface area (Å²) in [6.07, 6.45) is 1.33. The van der Waals surface area contributed by atoms with Gasteiger partial charge in [-0.15, -0.1) is 0 Å². The normalized spacial score (nSPS) is 16.6. The van der Waals surface area contributed by atoms with Crippen molar-refractivity contribution in [2.45, 2.75) is 18.9 Å². The number of anilines is 1. The zero-order valence-corrected chi connectivity index (χ0v) is 9.58. The van der Waals surface area contributed by atoms with Crippen LogP contribution in [0.25, 0.3) is 0 Å². The highest BCUT2D eigenvalue weighted by atomic mass is 19.1. The number of rotatable bonds is 3. The van der Waals surface area contributed by atoms with Crippen LogP contribution in [0.3, 0.4) is 0 Å². The standard InChI is InChI=1S/C12H13F2NO3/c13-9-5-7(12(16)17)6-10(14)11(9)15-8-1-3-18-4-2-8/h5-6,8,15H,1-4H2,(H,16,17). The summed E-state index contributed by atoms with van der Waals surface area (Å²) in [5, 5.41) is 11.4. The van der Waals surface area contributed by atoms with Crippen molar-refractivity contribution in [1.29, 1.82) is 0 Å². The summed E-state index contributed by atoms with van der Waals surface area (Å²) in [6.45, 7) is 1.10. The number of hydrogen-bond donors (Lipinski definition) is 2. The summed E-state index contributed by atoms with van der Waals surface area (Å²) in [5.41, 5.74) is -0.672. The van der Waals surface area contributed by atoms with Crippen LogP contribution in [0.1, 0.15) is 23.2 Å². The van der Waals surface area contributed by atoms with Gasteiger partial charge in [0.2, 0.25) is 0 Å². The fourth-order valence-corrected chi connectivity index (χ4v) is 1.88. The molecule has 1 heterocycles. The number of hydrogen-bond acceptors (Lipinski definition) is 3. The average Bonchev–Trinajstić information content (AvgIpc) is 2.34. The van der Waals surface area contributed by atoms with Crippen LogP contribution in [-0.4, -0.2) is 30.3 Å². The summed E-state index contributed by atoms with van der Waals surface area (Å²) in [7, 11) is 0. The molecule has 0 radical (unpaired) electrons. The van der Waals surface area contributed by atoms with E-state index in [4.69, 9.17) is 9.84 Å². The third-order valence-electron chi connectivity index (χ3n) is 2.86. The average molecular weight is 257 g/mol. The molecule has 98 valence electrons. The Morgan fingerprint density at radius 1 is 1.28 bits per heavy atom. The number of nitrogens with one attached hydrogen (secondary N) is 1. The number of ether oxygens (including phenoxy) is 1. The number of halogens is 2. The van der Waals surface area contributed by atoms with Gasteiger partial charge in [-0.3, -0.25) is 0 Å². The molecule has 2 rings (SSSR count). The maximum Gasteiger partial charge on any atom is 0.335 e. The fraction of sp³-hybridized carbons (Fsp3) is 0.417. The van der Waals surface area contributed by atoms with Crippen molar-refractivity contribution < 1.29 is 23.4 Å². The van der Waals surface area contributed by atoms with Gasteiger partial charge in [-0.25, -0.2) is 13.6 Å². The Kier molecular flexibility index (Phi) is 3.76. The smallest absolute Gasteiger partial charge is 0.335 e. The third-order valence-corrected chi connectivity index (χ3v) is 2.86. The fourth-order valence-electron chi connectivity index (χ4n) is 1.88. The van der Waals surface area contributed by atoms with E-state index >= 15 is 0 Å². The lowest BCUT2D eigenvalue weighted by molar-refractivity contribution is 0.0696. The first-order valence-corrected chi connectivity index (χ1v) is 5.64. The van der Waals surface area contributed by atoms with Crippen LogP contribution in [0, 0.1) is 11.6 Å². The zero-order chi connectivity index (χ0) is 13.1. The second-order valence-electron chi connectivity index (χ2n) is 4.15. The molecule has 0 amide bonds. The molecule has 18 heavy (non-hydrogen) atoms. The molecule has 0 atom stereocenters. The van der Waals surface area contributed by atoms with Crippen LogP contribution in [0.2, 0.25) is 0 Å². The van der Waals surface area contributed by atoms with E-state index in [0.29, 0.717) is 26.1 Å². The van der Waals surface area contributed by atoms with Crippen molar-refractivity contribution in [2.24, 2.45) is 0 Å². The topological polar surface area (TPSA) is 58.6 Å². The Morgan fingerprint density at radius 3 is 2.33 bits per heavy atom. The van der Waals surface area contributed by atoms with Gasteiger partial charge in [0, 0.05) is 19.3 Å². The van der Waals surface area contributed by atoms with Gasteiger partial charge >= 0.3 is 5.97 Å². The SMILES string of the molecule is O=C(O)c1cc(F)c(NC2CCOCC2)c(F)c1. The Bertz CT molecular complexity index is 436. The van der Waals surface area contributed by atoms with Gasteiger partial charge in [0.1, 0.15) is 17.3 Å². The largest absolute Gasteiger partial charge is 0.478 e. The Balaban J connectivity index is 2.19. The molecule has 0 unspecified atom stereocenters. The van der Waals surface area contributed by atoms with Crippen molar-refractivity contribution >= 4 is 11.7 Å². The van der Waals surface area contributed by atoms with Crippen LogP contribution < -0.4 is 5.32 Å². The Hall–Kier alpha value is -1.69. The van der Waals surface area contributed by atoms with E-state index in [2.05, 4.69) is 5.32 Å². The number of carboxylic acid groups (broad SMARTS) is 1. The van der Waals surface area contributed by atoms with Gasteiger partial charge in [-0.05, 0) is 25.0 Å². The van der Waals surface area contributed by atoms with Crippen molar-refractivity contribution in [1.82, 2.24) is 0 Å². The number of carbonyl (C=O) groups is 1. The van der Waals surface area contributed by atoms with E-state index < -0.39 is 23.2 Å². The second kappa shape index (κ2) is 5.30. The van der Waals surface area contributed by atoms with E-state index in [1.54, 1.807) is 0 Å². The molecule has 4 nitrogen and oxygen atoms in total. The maximum atomic E-state index is 13.6. The molecule has 1 aromatic carbocycles. The van der Waals surface area contributed by atoms with E-state index in [-0.39, 0.29) is 11.7 Å². The monoisotopic (exact) mass is 257 g/mol. The number of aromatic carboxylic acids is 1. The summed E-state index contributed by atoms with van der Waals surface area (Å²) in [5.74, 6) is -3.14. The quantitative estimate of drug-likeness (QED) is 0.872. The first-order chi connectivity index (χ1) is 8.58. The van der Waals surface area contributed by atoms with Crippen LogP contribution in [0.15, 0.2) is 12.1 Å². The van der Waals surface area contributed by atoms with Crippen molar-refractivity contribution in [3.05, 3.63) is 29.3 Å². The van der Waals surface area contributed by atoms with Gasteiger partial charge < -0.3 is 15.2 Å². The predicted octanol–water partition coefficient (Wildman–Crippen LogP) is 2.25. The van der Waals surface area contributed by atoms with Crippen molar-refractivity contribution in [3.8, 4) is 0 Å². The molecule has 0 saturated carbocycles. The highest BCUT2D eigenvalue weighted by Crippen LogP contribution is 2.23. The first kappa shape index (κ1) is 12.8. The van der Waals surface area contributed by atoms with Crippen LogP contribution in [0.5, 0.6) is 0 Å². The minimum absolute atomic E-state index is 0.0570. The highest BCUT2D eigenvalue weighted by molar-refractivity contribution is 5.88. The minimum Gasteiger partial charge on any atom is -0.478 e. The molecular formula is C12H13F2NO3. The van der Waals surface area contributed by atoms with Gasteiger partial charge in [-0.1, -0.05) is 0 Å². The molecule has 0 aliphatic carbocycles. The molecule has 1 saturated heterocycles. The molecule has 0 spiro atoms. The van der Waals surface area contributed by atoms with Crippen molar-refractivity contribution in [2.75, 3.05) is 18.5 Å². The molecule has 1 aliphatic heterocycles. The number of benzene rings is 1. The van der Waals surface area contributed by atoms with Gasteiger partial charge in [0.25, 0.3) is 0 Å². The van der Waals surface area contributed by atoms with Gasteiger partial charge in [0.15, 0.2) is 0 Å². The summed E-state index contributed by atoms with van der Waals surface area (Å²) in [4.78, 5) is 10.6. The molecule has 6 heteroatoms. The van der Waals surface area contributed by atoms with Gasteiger partial charge in [0.05, 0.1) is 5.56 Å². The van der Waals surface area contributed by atoms with E-state index in [1.807, 2.05) is 0 Å². The minimum atomic E-state index is -1.36. The third kappa shape index (κ3) is 2.76. The summed E-state index contributed by atoms with van der Waals surface area (Å²) >= 11 is 0. The summed E-state index contributed by atoms with van der Waals surface area (Å²) < 4.78 is 32.4. The van der Waals surface area contributed by atoms with Crippen LogP contribution >= 0.6 is 0 Å². The molecule has 1 aromatic rings. The lowest BCUT2D eigenvalue weighted by Crippen LogP contribution is -2.28. The predicted molar refractivity (Wildman–Crippen MR) is 60.8 cm³/mol. The van der Waals surface area contributed by atoms with E-state index in [9.17, 15) is 13.6 Å².